The van der Waals surface area contributed by atoms with Gasteiger partial charge < -0.3 is 9.84 Å². The molecule has 1 aliphatic heterocycles. The Morgan fingerprint density at radius 3 is 2.44 bits per heavy atom. The van der Waals surface area contributed by atoms with Crippen LogP contribution in [0.1, 0.15) is 24.4 Å². The molecule has 0 saturated carbocycles. The van der Waals surface area contributed by atoms with Crippen molar-refractivity contribution in [2.45, 2.75) is 13.0 Å². The number of anilines is 1. The molecule has 9 heteroatoms. The molecule has 0 radical (unpaired) electrons. The van der Waals surface area contributed by atoms with E-state index >= 15 is 0 Å². The van der Waals surface area contributed by atoms with Gasteiger partial charge in [0.25, 0.3) is 5.89 Å². The van der Waals surface area contributed by atoms with E-state index in [1.165, 1.54) is 17.0 Å². The number of hydrogen-bond donors (Lipinski definition) is 1. The molecule has 2 heterocycles. The average molecular weight is 495 g/mol. The molecule has 1 aromatic heterocycles. The number of halogens is 3. The molecule has 0 fully saturated rings. The van der Waals surface area contributed by atoms with Crippen LogP contribution in [-0.4, -0.2) is 16.2 Å². The molecule has 6 nitrogen and oxygen atoms in total. The predicted molar refractivity (Wildman–Crippen MR) is 129 cm³/mol. The Morgan fingerprint density at radius 1 is 1.00 bits per heavy atom. The van der Waals surface area contributed by atoms with Gasteiger partial charge in [-0.15, -0.1) is 0 Å². The van der Waals surface area contributed by atoms with Crippen LogP contribution in [0.3, 0.4) is 0 Å². The molecular weight excluding hydrogens is 478 g/mol. The Bertz CT molecular complexity index is 1400. The molecule has 0 spiro atoms. The Labute approximate surface area is 204 Å². The molecule has 2 amide bonds. The molecule has 5 rings (SSSR count). The summed E-state index contributed by atoms with van der Waals surface area (Å²) < 4.78 is 19.2. The number of carbonyl (C=O) groups is 1. The highest BCUT2D eigenvalue weighted by atomic mass is 35.5. The van der Waals surface area contributed by atoms with E-state index in [1.807, 2.05) is 0 Å². The minimum Gasteiger partial charge on any atom is -0.334 e. The van der Waals surface area contributed by atoms with E-state index in [0.717, 1.165) is 5.56 Å². The summed E-state index contributed by atoms with van der Waals surface area (Å²) in [7, 11) is 0. The zero-order valence-corrected chi connectivity index (χ0v) is 19.3. The molecule has 3 aromatic carbocycles. The van der Waals surface area contributed by atoms with E-state index in [1.54, 1.807) is 67.6 Å². The second kappa shape index (κ2) is 8.93. The fourth-order valence-corrected chi connectivity index (χ4v) is 4.21. The fraction of sp³-hybridized carbons (Fsp3) is 0.0800. The normalized spacial score (nSPS) is 16.1. The van der Waals surface area contributed by atoms with E-state index in [-0.39, 0.29) is 17.7 Å². The lowest BCUT2D eigenvalue weighted by Gasteiger charge is -2.35. The maximum atomic E-state index is 13.6. The molecule has 1 atom stereocenters. The van der Waals surface area contributed by atoms with Gasteiger partial charge in [-0.25, -0.2) is 9.18 Å². The fourth-order valence-electron chi connectivity index (χ4n) is 3.90. The van der Waals surface area contributed by atoms with Crippen LogP contribution < -0.4 is 10.2 Å². The average Bonchev–Trinajstić information content (AvgIpc) is 3.29. The summed E-state index contributed by atoms with van der Waals surface area (Å²) in [5.41, 5.74) is 3.13. The van der Waals surface area contributed by atoms with Gasteiger partial charge in [0.2, 0.25) is 5.82 Å². The maximum Gasteiger partial charge on any atom is 0.326 e. The third kappa shape index (κ3) is 4.16. The van der Waals surface area contributed by atoms with Crippen LogP contribution in [0.2, 0.25) is 10.0 Å². The largest absolute Gasteiger partial charge is 0.334 e. The minimum atomic E-state index is -0.637. The Balaban J connectivity index is 1.65. The highest BCUT2D eigenvalue weighted by Gasteiger charge is 2.36. The van der Waals surface area contributed by atoms with Crippen LogP contribution in [-0.2, 0) is 0 Å². The van der Waals surface area contributed by atoms with Crippen LogP contribution in [0.25, 0.3) is 17.0 Å². The lowest BCUT2D eigenvalue weighted by Crippen LogP contribution is -2.46. The van der Waals surface area contributed by atoms with Crippen molar-refractivity contribution in [1.82, 2.24) is 15.5 Å². The minimum absolute atomic E-state index is 0.226. The number of rotatable bonds is 4. The van der Waals surface area contributed by atoms with E-state index < -0.39 is 6.04 Å². The number of urea groups is 1. The Morgan fingerprint density at radius 2 is 1.74 bits per heavy atom. The van der Waals surface area contributed by atoms with Gasteiger partial charge >= 0.3 is 6.03 Å². The van der Waals surface area contributed by atoms with Crippen LogP contribution in [0.15, 0.2) is 83.0 Å². The van der Waals surface area contributed by atoms with Crippen molar-refractivity contribution in [2.24, 2.45) is 0 Å². The number of allylic oxidation sites excluding steroid dienone is 1. The van der Waals surface area contributed by atoms with Gasteiger partial charge in [-0.3, -0.25) is 4.90 Å². The molecule has 1 unspecified atom stereocenters. The van der Waals surface area contributed by atoms with E-state index in [2.05, 4.69) is 15.5 Å². The maximum absolute atomic E-state index is 13.6. The number of benzene rings is 3. The van der Waals surface area contributed by atoms with E-state index in [9.17, 15) is 9.18 Å². The van der Waals surface area contributed by atoms with Gasteiger partial charge in [0.15, 0.2) is 0 Å². The predicted octanol–water partition coefficient (Wildman–Crippen LogP) is 6.88. The summed E-state index contributed by atoms with van der Waals surface area (Å²) in [6.45, 7) is 1.79. The summed E-state index contributed by atoms with van der Waals surface area (Å²) in [6.07, 6.45) is 0. The van der Waals surface area contributed by atoms with Gasteiger partial charge in [-0.2, -0.15) is 4.98 Å². The first-order chi connectivity index (χ1) is 16.4. The molecule has 0 bridgehead atoms. The van der Waals surface area contributed by atoms with Crippen LogP contribution in [0.5, 0.6) is 0 Å². The van der Waals surface area contributed by atoms with E-state index in [4.69, 9.17) is 27.7 Å². The summed E-state index contributed by atoms with van der Waals surface area (Å²) in [5, 5.41) is 8.18. The van der Waals surface area contributed by atoms with Gasteiger partial charge in [-0.1, -0.05) is 46.6 Å². The first-order valence-electron chi connectivity index (χ1n) is 10.3. The molecule has 0 aliphatic carbocycles. The van der Waals surface area contributed by atoms with Gasteiger partial charge in [0.05, 0.1) is 17.3 Å². The number of nitrogens with zero attached hydrogens (tertiary/aromatic N) is 3. The SMILES string of the molecule is CC1=C(c2nc(-c3ccc(Cl)cc3)no2)C(c2ccc(F)cc2)NC(=O)N1c1cccc(Cl)c1. The van der Waals surface area contributed by atoms with Crippen LogP contribution in [0.4, 0.5) is 14.9 Å². The zero-order valence-electron chi connectivity index (χ0n) is 17.8. The van der Waals surface area contributed by atoms with Crippen molar-refractivity contribution in [3.8, 4) is 11.4 Å². The number of nitrogens with one attached hydrogen (secondary N) is 1. The molecule has 1 aliphatic rings. The molecular formula is C25H17Cl2FN4O2. The Kier molecular flexibility index (Phi) is 5.81. The van der Waals surface area contributed by atoms with Crippen LogP contribution >= 0.6 is 23.2 Å². The molecule has 34 heavy (non-hydrogen) atoms. The topological polar surface area (TPSA) is 71.3 Å². The molecule has 170 valence electrons. The van der Waals surface area contributed by atoms with Crippen molar-refractivity contribution in [3.63, 3.8) is 0 Å². The van der Waals surface area contributed by atoms with Crippen molar-refractivity contribution >= 4 is 40.5 Å². The second-order valence-corrected chi connectivity index (χ2v) is 8.55. The zero-order chi connectivity index (χ0) is 23.8. The first kappa shape index (κ1) is 22.1. The van der Waals surface area contributed by atoms with Crippen molar-refractivity contribution in [2.75, 3.05) is 4.90 Å². The Hall–Kier alpha value is -3.68. The molecule has 4 aromatic rings. The standard InChI is InChI=1S/C25H17Cl2FN4O2/c1-14-21(24-30-23(31-34-24)16-5-9-17(26)10-6-16)22(15-7-11-19(28)12-8-15)29-25(33)32(14)20-4-2-3-18(27)13-20/h2-13,22H,1H3,(H,29,33). The molecule has 1 N–H and O–H groups in total. The number of carbonyl (C=O) groups excluding carboxylic acids is 1. The lowest BCUT2D eigenvalue weighted by molar-refractivity contribution is 0.244. The summed E-state index contributed by atoms with van der Waals surface area (Å²) in [4.78, 5) is 19.3. The van der Waals surface area contributed by atoms with Gasteiger partial charge in [-0.05, 0) is 67.1 Å². The number of hydrogen-bond acceptors (Lipinski definition) is 4. The highest BCUT2D eigenvalue weighted by Crippen LogP contribution is 2.39. The highest BCUT2D eigenvalue weighted by molar-refractivity contribution is 6.31. The molecule has 0 saturated heterocycles. The summed E-state index contributed by atoms with van der Waals surface area (Å²) in [5.74, 6) is 0.219. The third-order valence-electron chi connectivity index (χ3n) is 5.51. The van der Waals surface area contributed by atoms with Gasteiger partial charge in [0.1, 0.15) is 5.82 Å². The second-order valence-electron chi connectivity index (χ2n) is 7.68. The quantitative estimate of drug-likeness (QED) is 0.335. The monoisotopic (exact) mass is 494 g/mol. The first-order valence-corrected chi connectivity index (χ1v) is 11.1. The lowest BCUT2D eigenvalue weighted by atomic mass is 9.94. The van der Waals surface area contributed by atoms with Crippen molar-refractivity contribution in [1.29, 1.82) is 0 Å². The number of amides is 2. The number of aromatic nitrogens is 2. The summed E-state index contributed by atoms with van der Waals surface area (Å²) >= 11 is 12.2. The van der Waals surface area contributed by atoms with Crippen molar-refractivity contribution in [3.05, 3.63) is 106 Å². The van der Waals surface area contributed by atoms with E-state index in [0.29, 0.717) is 38.4 Å². The van der Waals surface area contributed by atoms with Crippen molar-refractivity contribution < 1.29 is 13.7 Å². The summed E-state index contributed by atoms with van der Waals surface area (Å²) in [6, 6.07) is 18.9. The third-order valence-corrected chi connectivity index (χ3v) is 6.00. The van der Waals surface area contributed by atoms with Gasteiger partial charge in [0, 0.05) is 21.3 Å². The smallest absolute Gasteiger partial charge is 0.326 e. The van der Waals surface area contributed by atoms with Crippen LogP contribution in [0, 0.1) is 5.82 Å².